The Morgan fingerprint density at radius 3 is 2.11 bits per heavy atom. The van der Waals surface area contributed by atoms with E-state index in [1.54, 1.807) is 6.07 Å². The van der Waals surface area contributed by atoms with Crippen LogP contribution >= 0.6 is 0 Å². The van der Waals surface area contributed by atoms with Crippen molar-refractivity contribution in [1.29, 1.82) is 0 Å². The predicted octanol–water partition coefficient (Wildman–Crippen LogP) is 5.11. The lowest BCUT2D eigenvalue weighted by Crippen LogP contribution is -2.05. The molecule has 0 aliphatic heterocycles. The van der Waals surface area contributed by atoms with E-state index >= 15 is 0 Å². The molecule has 3 rings (SSSR count). The number of benzene rings is 2. The Morgan fingerprint density at radius 2 is 1.37 bits per heavy atom. The van der Waals surface area contributed by atoms with Crippen LogP contribution in [-0.2, 0) is 0 Å². The highest BCUT2D eigenvalue weighted by Crippen LogP contribution is 2.40. The van der Waals surface area contributed by atoms with Crippen LogP contribution in [0.15, 0.2) is 48.5 Å². The van der Waals surface area contributed by atoms with Crippen LogP contribution in [0, 0.1) is 0 Å². The summed E-state index contributed by atoms with van der Waals surface area (Å²) < 4.78 is 0. The lowest BCUT2D eigenvalue weighted by Gasteiger charge is -2.24. The summed E-state index contributed by atoms with van der Waals surface area (Å²) in [7, 11) is 0. The van der Waals surface area contributed by atoms with Gasteiger partial charge in [0.25, 0.3) is 0 Å². The first-order valence-electron chi connectivity index (χ1n) is 7.23. The van der Waals surface area contributed by atoms with Gasteiger partial charge in [0.15, 0.2) is 0 Å². The van der Waals surface area contributed by atoms with Crippen LogP contribution < -0.4 is 0 Å². The van der Waals surface area contributed by atoms with E-state index in [0.29, 0.717) is 11.7 Å². The molecular formula is C18H20O. The summed E-state index contributed by atoms with van der Waals surface area (Å²) in [6.45, 7) is 0. The van der Waals surface area contributed by atoms with Gasteiger partial charge in [0.2, 0.25) is 0 Å². The molecule has 0 heterocycles. The topological polar surface area (TPSA) is 20.2 Å². The van der Waals surface area contributed by atoms with E-state index in [9.17, 15) is 5.11 Å². The summed E-state index contributed by atoms with van der Waals surface area (Å²) in [6.07, 6.45) is 6.60. The average molecular weight is 252 g/mol. The molecule has 0 unspecified atom stereocenters. The van der Waals surface area contributed by atoms with Crippen molar-refractivity contribution in [2.45, 2.75) is 38.0 Å². The Kier molecular flexibility index (Phi) is 3.54. The minimum Gasteiger partial charge on any atom is -0.507 e. The molecule has 98 valence electrons. The fourth-order valence-electron chi connectivity index (χ4n) is 3.21. The maximum absolute atomic E-state index is 10.1. The van der Waals surface area contributed by atoms with Crippen molar-refractivity contribution in [2.75, 3.05) is 0 Å². The second kappa shape index (κ2) is 5.48. The molecular weight excluding hydrogens is 232 g/mol. The lowest BCUT2D eigenvalue weighted by molar-refractivity contribution is 0.444. The third kappa shape index (κ3) is 2.51. The number of phenols is 1. The van der Waals surface area contributed by atoms with Gasteiger partial charge in [-0.1, -0.05) is 61.7 Å². The molecule has 1 fully saturated rings. The summed E-state index contributed by atoms with van der Waals surface area (Å²) in [5.74, 6) is 1.04. The number of hydrogen-bond acceptors (Lipinski definition) is 1. The van der Waals surface area contributed by atoms with E-state index in [1.165, 1.54) is 43.2 Å². The molecule has 0 aromatic heterocycles. The molecule has 0 atom stereocenters. The minimum absolute atomic E-state index is 0.380. The fraction of sp³-hybridized carbons (Fsp3) is 0.333. The highest BCUT2D eigenvalue weighted by Gasteiger charge is 2.19. The molecule has 0 saturated heterocycles. The van der Waals surface area contributed by atoms with Crippen molar-refractivity contribution in [2.24, 2.45) is 0 Å². The predicted molar refractivity (Wildman–Crippen MR) is 79.4 cm³/mol. The zero-order valence-corrected chi connectivity index (χ0v) is 11.2. The highest BCUT2D eigenvalue weighted by atomic mass is 16.3. The van der Waals surface area contributed by atoms with Crippen molar-refractivity contribution < 1.29 is 5.11 Å². The molecule has 0 spiro atoms. The molecule has 19 heavy (non-hydrogen) atoms. The molecule has 1 nitrogen and oxygen atoms in total. The summed E-state index contributed by atoms with van der Waals surface area (Å²) in [5, 5.41) is 10.1. The smallest absolute Gasteiger partial charge is 0.123 e. The maximum atomic E-state index is 10.1. The van der Waals surface area contributed by atoms with Gasteiger partial charge in [-0.2, -0.15) is 0 Å². The van der Waals surface area contributed by atoms with Crippen LogP contribution in [0.4, 0.5) is 0 Å². The third-order valence-corrected chi connectivity index (χ3v) is 4.20. The zero-order valence-electron chi connectivity index (χ0n) is 11.2. The minimum atomic E-state index is 0.380. The zero-order chi connectivity index (χ0) is 13.1. The van der Waals surface area contributed by atoms with Crippen LogP contribution in [0.3, 0.4) is 0 Å². The number of aromatic hydroxyl groups is 1. The second-order valence-electron chi connectivity index (χ2n) is 5.44. The van der Waals surface area contributed by atoms with Gasteiger partial charge < -0.3 is 5.11 Å². The first kappa shape index (κ1) is 12.3. The van der Waals surface area contributed by atoms with Gasteiger partial charge in [0.1, 0.15) is 5.75 Å². The van der Waals surface area contributed by atoms with E-state index in [2.05, 4.69) is 24.3 Å². The van der Waals surface area contributed by atoms with Gasteiger partial charge >= 0.3 is 0 Å². The lowest BCUT2D eigenvalue weighted by atomic mass is 9.81. The molecule has 1 heteroatoms. The highest BCUT2D eigenvalue weighted by molar-refractivity contribution is 5.73. The van der Waals surface area contributed by atoms with Crippen molar-refractivity contribution in [3.8, 4) is 16.9 Å². The van der Waals surface area contributed by atoms with Crippen molar-refractivity contribution in [3.63, 3.8) is 0 Å². The van der Waals surface area contributed by atoms with Crippen LogP contribution in [0.2, 0.25) is 0 Å². The molecule has 0 amide bonds. The van der Waals surface area contributed by atoms with Gasteiger partial charge in [-0.25, -0.2) is 0 Å². The van der Waals surface area contributed by atoms with Crippen LogP contribution in [0.25, 0.3) is 11.1 Å². The summed E-state index contributed by atoms with van der Waals surface area (Å²) in [4.78, 5) is 0. The standard InChI is InChI=1S/C18H20O/c19-18-13-7-6-12-17(18)16-11-5-4-10-15(16)14-8-2-1-3-9-14/h4-7,10-14,19H,1-3,8-9H2. The molecule has 0 bridgehead atoms. The van der Waals surface area contributed by atoms with Gasteiger partial charge in [-0.3, -0.25) is 0 Å². The van der Waals surface area contributed by atoms with Crippen molar-refractivity contribution in [3.05, 3.63) is 54.1 Å². The van der Waals surface area contributed by atoms with Crippen molar-refractivity contribution >= 4 is 0 Å². The fourth-order valence-corrected chi connectivity index (χ4v) is 3.21. The molecule has 1 aliphatic carbocycles. The molecule has 0 radical (unpaired) electrons. The third-order valence-electron chi connectivity index (χ3n) is 4.20. The first-order chi connectivity index (χ1) is 9.36. The number of phenolic OH excluding ortho intramolecular Hbond substituents is 1. The molecule has 1 aliphatic rings. The van der Waals surface area contributed by atoms with Crippen LogP contribution in [0.5, 0.6) is 5.75 Å². The summed E-state index contributed by atoms with van der Waals surface area (Å²) in [6, 6.07) is 16.2. The van der Waals surface area contributed by atoms with E-state index in [1.807, 2.05) is 18.2 Å². The van der Waals surface area contributed by atoms with Crippen molar-refractivity contribution in [1.82, 2.24) is 0 Å². The quantitative estimate of drug-likeness (QED) is 0.787. The number of para-hydroxylation sites is 1. The van der Waals surface area contributed by atoms with Crippen LogP contribution in [0.1, 0.15) is 43.6 Å². The first-order valence-corrected chi connectivity index (χ1v) is 7.23. The molecule has 2 aromatic rings. The Hall–Kier alpha value is -1.76. The largest absolute Gasteiger partial charge is 0.507 e. The summed E-state index contributed by atoms with van der Waals surface area (Å²) >= 11 is 0. The molecule has 1 N–H and O–H groups in total. The van der Waals surface area contributed by atoms with E-state index < -0.39 is 0 Å². The second-order valence-corrected chi connectivity index (χ2v) is 5.44. The van der Waals surface area contributed by atoms with E-state index in [4.69, 9.17) is 0 Å². The van der Waals surface area contributed by atoms with Gasteiger partial charge in [-0.05, 0) is 36.0 Å². The Bertz CT molecular complexity index is 553. The Balaban J connectivity index is 2.04. The number of hydrogen-bond donors (Lipinski definition) is 1. The summed E-state index contributed by atoms with van der Waals surface area (Å²) in [5.41, 5.74) is 3.57. The Morgan fingerprint density at radius 1 is 0.737 bits per heavy atom. The number of rotatable bonds is 2. The monoisotopic (exact) mass is 252 g/mol. The average Bonchev–Trinajstić information content (AvgIpc) is 2.49. The van der Waals surface area contributed by atoms with Gasteiger partial charge in [-0.15, -0.1) is 0 Å². The van der Waals surface area contributed by atoms with Gasteiger partial charge in [0, 0.05) is 5.56 Å². The van der Waals surface area contributed by atoms with Crippen LogP contribution in [-0.4, -0.2) is 5.11 Å². The molecule has 2 aromatic carbocycles. The van der Waals surface area contributed by atoms with E-state index in [-0.39, 0.29) is 0 Å². The Labute approximate surface area is 114 Å². The maximum Gasteiger partial charge on any atom is 0.123 e. The normalized spacial score (nSPS) is 16.4. The van der Waals surface area contributed by atoms with Gasteiger partial charge in [0.05, 0.1) is 0 Å². The van der Waals surface area contributed by atoms with E-state index in [0.717, 1.165) is 5.56 Å². The molecule has 1 saturated carbocycles. The SMILES string of the molecule is Oc1ccccc1-c1ccccc1C1CCCCC1.